The predicted octanol–water partition coefficient (Wildman–Crippen LogP) is 5.63. The third kappa shape index (κ3) is 5.56. The highest BCUT2D eigenvalue weighted by molar-refractivity contribution is 7.98. The average molecular weight is 528 g/mol. The smallest absolute Gasteiger partial charge is 0.272 e. The van der Waals surface area contributed by atoms with Gasteiger partial charge in [0.1, 0.15) is 4.70 Å². The standard InChI is InChI=1S/C26H26ClN3O3S2/c27-20-10-3-1-7-17(20)16-34-26-29-23-19-9-2-4-11-21(19)35-24(23)25(32)30(26)13-5-12-22(31)28-15-18-8-6-14-33-18/h1-4,7,9-11,18H,5-6,8,12-16H2,(H,28,31)/t18-/m0/s1. The monoisotopic (exact) mass is 527 g/mol. The number of benzene rings is 2. The van der Waals surface area contributed by atoms with Crippen LogP contribution in [0.15, 0.2) is 58.5 Å². The summed E-state index contributed by atoms with van der Waals surface area (Å²) in [5, 5.41) is 5.28. The molecule has 0 aliphatic carbocycles. The molecule has 1 aliphatic heterocycles. The first-order valence-electron chi connectivity index (χ1n) is 11.8. The van der Waals surface area contributed by atoms with Crippen LogP contribution >= 0.6 is 34.7 Å². The molecule has 182 valence electrons. The number of thioether (sulfide) groups is 1. The lowest BCUT2D eigenvalue weighted by Gasteiger charge is -2.13. The largest absolute Gasteiger partial charge is 0.376 e. The van der Waals surface area contributed by atoms with Crippen molar-refractivity contribution < 1.29 is 9.53 Å². The maximum atomic E-state index is 13.5. The molecule has 35 heavy (non-hydrogen) atoms. The van der Waals surface area contributed by atoms with Crippen LogP contribution in [0.1, 0.15) is 31.2 Å². The summed E-state index contributed by atoms with van der Waals surface area (Å²) < 4.78 is 8.97. The number of hydrogen-bond acceptors (Lipinski definition) is 6. The molecule has 0 radical (unpaired) electrons. The van der Waals surface area contributed by atoms with Gasteiger partial charge in [0.25, 0.3) is 5.56 Å². The Balaban J connectivity index is 1.37. The lowest BCUT2D eigenvalue weighted by atomic mass is 10.2. The van der Waals surface area contributed by atoms with E-state index in [0.717, 1.165) is 40.6 Å². The Bertz CT molecular complexity index is 1410. The predicted molar refractivity (Wildman–Crippen MR) is 144 cm³/mol. The molecule has 2 aromatic carbocycles. The molecule has 1 N–H and O–H groups in total. The van der Waals surface area contributed by atoms with Crippen molar-refractivity contribution in [2.45, 2.75) is 49.2 Å². The van der Waals surface area contributed by atoms with Crippen LogP contribution in [0.3, 0.4) is 0 Å². The van der Waals surface area contributed by atoms with Gasteiger partial charge in [0.2, 0.25) is 5.91 Å². The highest BCUT2D eigenvalue weighted by Crippen LogP contribution is 2.33. The van der Waals surface area contributed by atoms with Crippen LogP contribution in [0.5, 0.6) is 0 Å². The van der Waals surface area contributed by atoms with E-state index in [1.165, 1.54) is 23.1 Å². The topological polar surface area (TPSA) is 73.2 Å². The van der Waals surface area contributed by atoms with Gasteiger partial charge in [0.15, 0.2) is 5.16 Å². The summed E-state index contributed by atoms with van der Waals surface area (Å²) in [7, 11) is 0. The van der Waals surface area contributed by atoms with E-state index in [2.05, 4.69) is 5.32 Å². The SMILES string of the molecule is O=C(CCCn1c(SCc2ccccc2Cl)nc2c(sc3ccccc32)c1=O)NC[C@@H]1CCCO1. The number of rotatable bonds is 9. The molecule has 1 atom stereocenters. The van der Waals surface area contributed by atoms with E-state index in [-0.39, 0.29) is 17.6 Å². The van der Waals surface area contributed by atoms with Gasteiger partial charge in [-0.15, -0.1) is 11.3 Å². The van der Waals surface area contributed by atoms with Gasteiger partial charge in [-0.05, 0) is 37.0 Å². The van der Waals surface area contributed by atoms with Crippen LogP contribution in [0.2, 0.25) is 5.02 Å². The molecule has 0 spiro atoms. The number of halogens is 1. The van der Waals surface area contributed by atoms with Crippen molar-refractivity contribution in [3.05, 3.63) is 69.5 Å². The number of amides is 1. The number of nitrogens with zero attached hydrogens (tertiary/aromatic N) is 2. The number of hydrogen-bond donors (Lipinski definition) is 1. The second-order valence-corrected chi connectivity index (χ2v) is 11.0. The van der Waals surface area contributed by atoms with Crippen LogP contribution in [0.25, 0.3) is 20.3 Å². The van der Waals surface area contributed by atoms with Crippen molar-refractivity contribution in [3.63, 3.8) is 0 Å². The van der Waals surface area contributed by atoms with Crippen molar-refractivity contribution in [3.8, 4) is 0 Å². The van der Waals surface area contributed by atoms with Crippen molar-refractivity contribution in [2.24, 2.45) is 0 Å². The molecule has 5 rings (SSSR count). The fourth-order valence-corrected chi connectivity index (χ4v) is 6.63. The average Bonchev–Trinajstić information content (AvgIpc) is 3.52. The third-order valence-electron chi connectivity index (χ3n) is 6.10. The minimum Gasteiger partial charge on any atom is -0.376 e. The zero-order valence-electron chi connectivity index (χ0n) is 19.2. The molecule has 3 heterocycles. The summed E-state index contributed by atoms with van der Waals surface area (Å²) in [6.45, 7) is 1.74. The molecular formula is C26H26ClN3O3S2. The Morgan fingerprint density at radius 1 is 1.23 bits per heavy atom. The van der Waals surface area contributed by atoms with Gasteiger partial charge >= 0.3 is 0 Å². The number of fused-ring (bicyclic) bond motifs is 3. The van der Waals surface area contributed by atoms with Crippen LogP contribution in [0, 0.1) is 0 Å². The Hall–Kier alpha value is -2.39. The Labute approximate surface area is 216 Å². The van der Waals surface area contributed by atoms with Crippen LogP contribution in [0.4, 0.5) is 0 Å². The first kappa shape index (κ1) is 24.3. The van der Waals surface area contributed by atoms with Crippen LogP contribution < -0.4 is 10.9 Å². The van der Waals surface area contributed by atoms with Crippen molar-refractivity contribution in [1.29, 1.82) is 0 Å². The van der Waals surface area contributed by atoms with E-state index < -0.39 is 0 Å². The fraction of sp³-hybridized carbons (Fsp3) is 0.346. The molecule has 6 nitrogen and oxygen atoms in total. The van der Waals surface area contributed by atoms with E-state index in [1.807, 2.05) is 48.5 Å². The summed E-state index contributed by atoms with van der Waals surface area (Å²) in [5.74, 6) is 0.580. The number of carbonyl (C=O) groups is 1. The second-order valence-electron chi connectivity index (χ2n) is 8.55. The third-order valence-corrected chi connectivity index (χ3v) is 8.64. The van der Waals surface area contributed by atoms with Crippen molar-refractivity contribution in [1.82, 2.24) is 14.9 Å². The minimum atomic E-state index is -0.0578. The van der Waals surface area contributed by atoms with Gasteiger partial charge < -0.3 is 10.1 Å². The Morgan fingerprint density at radius 2 is 2.06 bits per heavy atom. The Kier molecular flexibility index (Phi) is 7.72. The second kappa shape index (κ2) is 11.1. The van der Waals surface area contributed by atoms with Crippen molar-refractivity contribution in [2.75, 3.05) is 13.2 Å². The number of thiophene rings is 1. The summed E-state index contributed by atoms with van der Waals surface area (Å²) in [5.41, 5.74) is 1.67. The number of nitrogens with one attached hydrogen (secondary N) is 1. The van der Waals surface area contributed by atoms with Crippen LogP contribution in [-0.2, 0) is 21.8 Å². The molecular weight excluding hydrogens is 502 g/mol. The summed E-state index contributed by atoms with van der Waals surface area (Å²) in [4.78, 5) is 30.8. The fourth-order valence-electron chi connectivity index (χ4n) is 4.24. The summed E-state index contributed by atoms with van der Waals surface area (Å²) in [6.07, 6.45) is 3.05. The molecule has 1 amide bonds. The highest BCUT2D eigenvalue weighted by atomic mass is 35.5. The van der Waals surface area contributed by atoms with Crippen LogP contribution in [-0.4, -0.2) is 34.7 Å². The molecule has 0 unspecified atom stereocenters. The Morgan fingerprint density at radius 3 is 2.89 bits per heavy atom. The van der Waals surface area contributed by atoms with Gasteiger partial charge in [0, 0.05) is 47.0 Å². The zero-order chi connectivity index (χ0) is 24.2. The first-order valence-corrected chi connectivity index (χ1v) is 13.9. The molecule has 9 heteroatoms. The number of carbonyl (C=O) groups excluding carboxylic acids is 1. The number of ether oxygens (including phenoxy) is 1. The van der Waals surface area contributed by atoms with E-state index in [9.17, 15) is 9.59 Å². The van der Waals surface area contributed by atoms with E-state index in [4.69, 9.17) is 21.3 Å². The maximum Gasteiger partial charge on any atom is 0.272 e. The van der Waals surface area contributed by atoms with E-state index >= 15 is 0 Å². The zero-order valence-corrected chi connectivity index (χ0v) is 21.6. The molecule has 1 fully saturated rings. The highest BCUT2D eigenvalue weighted by Gasteiger charge is 2.18. The van der Waals surface area contributed by atoms with Gasteiger partial charge in [-0.3, -0.25) is 14.2 Å². The molecule has 2 aromatic heterocycles. The van der Waals surface area contributed by atoms with E-state index in [0.29, 0.717) is 46.6 Å². The molecule has 0 saturated carbocycles. The normalized spacial score (nSPS) is 15.7. The lowest BCUT2D eigenvalue weighted by molar-refractivity contribution is -0.121. The minimum absolute atomic E-state index is 0.0188. The molecule has 0 bridgehead atoms. The van der Waals surface area contributed by atoms with Gasteiger partial charge in [-0.2, -0.15) is 0 Å². The van der Waals surface area contributed by atoms with Gasteiger partial charge in [-0.25, -0.2) is 4.98 Å². The number of aromatic nitrogens is 2. The van der Waals surface area contributed by atoms with E-state index in [1.54, 1.807) is 4.57 Å². The molecule has 1 aliphatic rings. The maximum absolute atomic E-state index is 13.5. The molecule has 1 saturated heterocycles. The summed E-state index contributed by atoms with van der Waals surface area (Å²) >= 11 is 9.33. The van der Waals surface area contributed by atoms with Gasteiger partial charge in [-0.1, -0.05) is 59.8 Å². The lowest BCUT2D eigenvalue weighted by Crippen LogP contribution is -2.32. The van der Waals surface area contributed by atoms with Gasteiger partial charge in [0.05, 0.1) is 11.6 Å². The van der Waals surface area contributed by atoms with Crippen molar-refractivity contribution >= 4 is 60.9 Å². The quantitative estimate of drug-likeness (QED) is 0.225. The molecule has 4 aromatic rings. The summed E-state index contributed by atoms with van der Waals surface area (Å²) in [6, 6.07) is 15.7. The first-order chi connectivity index (χ1) is 17.1.